The Morgan fingerprint density at radius 2 is 1.29 bits per heavy atom. The highest BCUT2D eigenvalue weighted by Gasteiger charge is 2.19. The third-order valence-electron chi connectivity index (χ3n) is 3.57. The van der Waals surface area contributed by atoms with Crippen LogP contribution in [-0.4, -0.2) is 11.5 Å². The average molecular weight is 350 g/mol. The minimum Gasteiger partial charge on any atom is -0.299 e. The second-order valence-electron chi connectivity index (χ2n) is 5.46. The fourth-order valence-electron chi connectivity index (χ4n) is 2.52. The Hall–Kier alpha value is -1.89. The highest BCUT2D eigenvalue weighted by Crippen LogP contribution is 2.36. The molecule has 120 valence electrons. The number of ketones is 1. The van der Waals surface area contributed by atoms with Crippen molar-refractivity contribution < 1.29 is 4.79 Å². The molecule has 3 rings (SSSR count). The van der Waals surface area contributed by atoms with Crippen LogP contribution in [0.3, 0.4) is 0 Å². The number of carbonyl (C=O) groups is 1. The molecule has 0 N–H and O–H groups in total. The van der Waals surface area contributed by atoms with Crippen molar-refractivity contribution in [3.05, 3.63) is 84.9 Å². The fraction of sp³-hybridized carbons (Fsp3) is 0.0952. The first-order valence-electron chi connectivity index (χ1n) is 7.87. The number of Topliss-reactive ketones (excluding diaryl/α,β-unsaturated/α-hetero) is 1. The van der Waals surface area contributed by atoms with Gasteiger partial charge in [-0.25, -0.2) is 0 Å². The summed E-state index contributed by atoms with van der Waals surface area (Å²) in [6, 6.07) is 29.8. The predicted molar refractivity (Wildman–Crippen MR) is 107 cm³/mol. The van der Waals surface area contributed by atoms with Crippen LogP contribution >= 0.6 is 19.7 Å². The van der Waals surface area contributed by atoms with Crippen LogP contribution in [0.2, 0.25) is 0 Å². The Bertz CT molecular complexity index is 763. The van der Waals surface area contributed by atoms with Gasteiger partial charge in [-0.3, -0.25) is 4.79 Å². The van der Waals surface area contributed by atoms with E-state index in [1.54, 1.807) is 18.7 Å². The van der Waals surface area contributed by atoms with E-state index in [2.05, 4.69) is 84.9 Å². The van der Waals surface area contributed by atoms with Crippen LogP contribution in [-0.2, 0) is 4.79 Å². The summed E-state index contributed by atoms with van der Waals surface area (Å²) in [4.78, 5) is 12.6. The number of thioether (sulfide) groups is 1. The molecular formula is C21H19OPS. The van der Waals surface area contributed by atoms with Crippen LogP contribution < -0.4 is 15.9 Å². The largest absolute Gasteiger partial charge is 0.299 e. The molecule has 0 aromatic heterocycles. The van der Waals surface area contributed by atoms with E-state index in [1.165, 1.54) is 20.8 Å². The van der Waals surface area contributed by atoms with Gasteiger partial charge in [-0.1, -0.05) is 78.9 Å². The number of benzene rings is 3. The lowest BCUT2D eigenvalue weighted by Gasteiger charge is -2.21. The summed E-state index contributed by atoms with van der Waals surface area (Å²) in [5, 5.41) is 3.97. The van der Waals surface area contributed by atoms with Crippen molar-refractivity contribution in [1.29, 1.82) is 0 Å². The Morgan fingerprint density at radius 1 is 0.792 bits per heavy atom. The minimum atomic E-state index is -0.630. The van der Waals surface area contributed by atoms with Gasteiger partial charge in [0.2, 0.25) is 0 Å². The molecular weight excluding hydrogens is 331 g/mol. The molecule has 0 radical (unpaired) electrons. The fourth-order valence-corrected chi connectivity index (χ4v) is 6.07. The van der Waals surface area contributed by atoms with Gasteiger partial charge in [-0.05, 0) is 36.8 Å². The van der Waals surface area contributed by atoms with E-state index >= 15 is 0 Å². The van der Waals surface area contributed by atoms with Gasteiger partial charge in [0, 0.05) is 4.90 Å². The zero-order valence-electron chi connectivity index (χ0n) is 13.6. The summed E-state index contributed by atoms with van der Waals surface area (Å²) >= 11 is 1.64. The quantitative estimate of drug-likeness (QED) is 0.491. The van der Waals surface area contributed by atoms with Crippen molar-refractivity contribution >= 4 is 41.4 Å². The van der Waals surface area contributed by atoms with Gasteiger partial charge in [-0.2, -0.15) is 0 Å². The van der Waals surface area contributed by atoms with E-state index in [1.807, 2.05) is 0 Å². The molecule has 0 spiro atoms. The summed E-state index contributed by atoms with van der Waals surface area (Å²) in [7, 11) is -0.630. The molecule has 0 atom stereocenters. The van der Waals surface area contributed by atoms with Gasteiger partial charge in [0.15, 0.2) is 0 Å². The first-order chi connectivity index (χ1) is 11.8. The monoisotopic (exact) mass is 350 g/mol. The van der Waals surface area contributed by atoms with Crippen molar-refractivity contribution in [2.75, 3.05) is 5.75 Å². The Morgan fingerprint density at radius 3 is 1.83 bits per heavy atom. The maximum Gasteiger partial charge on any atom is 0.140 e. The lowest BCUT2D eigenvalue weighted by molar-refractivity contribution is -0.114. The van der Waals surface area contributed by atoms with Crippen LogP contribution in [0.15, 0.2) is 89.8 Å². The molecule has 0 aliphatic rings. The molecule has 0 unspecified atom stereocenters. The number of carbonyl (C=O) groups excluding carboxylic acids is 1. The maximum atomic E-state index is 11.4. The highest BCUT2D eigenvalue weighted by atomic mass is 32.2. The molecule has 0 aliphatic heterocycles. The molecule has 3 aromatic rings. The second-order valence-corrected chi connectivity index (χ2v) is 8.67. The van der Waals surface area contributed by atoms with E-state index in [0.717, 1.165) is 0 Å². The topological polar surface area (TPSA) is 17.1 Å². The third kappa shape index (κ3) is 4.14. The van der Waals surface area contributed by atoms with Gasteiger partial charge < -0.3 is 0 Å². The van der Waals surface area contributed by atoms with Gasteiger partial charge >= 0.3 is 0 Å². The zero-order valence-corrected chi connectivity index (χ0v) is 15.3. The van der Waals surface area contributed by atoms with Crippen molar-refractivity contribution in [1.82, 2.24) is 0 Å². The first-order valence-corrected chi connectivity index (χ1v) is 10.2. The smallest absolute Gasteiger partial charge is 0.140 e. The maximum absolute atomic E-state index is 11.4. The van der Waals surface area contributed by atoms with Crippen LogP contribution in [0.4, 0.5) is 0 Å². The number of hydrogen-bond donors (Lipinski definition) is 0. The molecule has 0 saturated heterocycles. The van der Waals surface area contributed by atoms with Gasteiger partial charge in [0.1, 0.15) is 5.78 Å². The Labute approximate surface area is 148 Å². The van der Waals surface area contributed by atoms with Crippen molar-refractivity contribution in [3.63, 3.8) is 0 Å². The average Bonchev–Trinajstić information content (AvgIpc) is 2.63. The molecule has 3 heteroatoms. The van der Waals surface area contributed by atoms with Gasteiger partial charge in [0.05, 0.1) is 5.75 Å². The van der Waals surface area contributed by atoms with Crippen molar-refractivity contribution in [2.45, 2.75) is 11.8 Å². The molecule has 3 aromatic carbocycles. The summed E-state index contributed by atoms with van der Waals surface area (Å²) in [6.07, 6.45) is 0. The van der Waals surface area contributed by atoms with E-state index in [9.17, 15) is 4.79 Å². The normalized spacial score (nSPS) is 10.8. The summed E-state index contributed by atoms with van der Waals surface area (Å²) in [6.45, 7) is 1.65. The second kappa shape index (κ2) is 8.28. The lowest BCUT2D eigenvalue weighted by atomic mass is 10.3. The van der Waals surface area contributed by atoms with Gasteiger partial charge in [-0.15, -0.1) is 11.8 Å². The molecule has 0 bridgehead atoms. The van der Waals surface area contributed by atoms with E-state index in [0.29, 0.717) is 5.75 Å². The minimum absolute atomic E-state index is 0.207. The molecule has 0 heterocycles. The van der Waals surface area contributed by atoms with Crippen LogP contribution in [0, 0.1) is 0 Å². The molecule has 0 fully saturated rings. The zero-order chi connectivity index (χ0) is 16.8. The van der Waals surface area contributed by atoms with Crippen LogP contribution in [0.25, 0.3) is 0 Å². The van der Waals surface area contributed by atoms with Crippen molar-refractivity contribution in [3.8, 4) is 0 Å². The van der Waals surface area contributed by atoms with Crippen LogP contribution in [0.5, 0.6) is 0 Å². The van der Waals surface area contributed by atoms with Gasteiger partial charge in [0.25, 0.3) is 0 Å². The van der Waals surface area contributed by atoms with E-state index in [-0.39, 0.29) is 5.78 Å². The molecule has 0 aliphatic carbocycles. The standard InChI is InChI=1S/C21H19OPS/c1-17(22)16-24-21-15-9-8-14-20(21)23(18-10-4-2-5-11-18)19-12-6-3-7-13-19/h2-15H,16H2,1H3. The number of rotatable bonds is 6. The number of hydrogen-bond acceptors (Lipinski definition) is 2. The summed E-state index contributed by atoms with van der Waals surface area (Å²) in [5.74, 6) is 0.725. The molecule has 1 nitrogen and oxygen atoms in total. The SMILES string of the molecule is CC(=O)CSc1ccccc1P(c1ccccc1)c1ccccc1. The molecule has 0 amide bonds. The highest BCUT2D eigenvalue weighted by molar-refractivity contribution is 8.00. The lowest BCUT2D eigenvalue weighted by Crippen LogP contribution is -2.22. The van der Waals surface area contributed by atoms with E-state index in [4.69, 9.17) is 0 Å². The Kier molecular flexibility index (Phi) is 5.85. The van der Waals surface area contributed by atoms with E-state index < -0.39 is 7.92 Å². The predicted octanol–water partition coefficient (Wildman–Crippen LogP) is 4.13. The Balaban J connectivity index is 2.08. The first kappa shape index (κ1) is 17.0. The van der Waals surface area contributed by atoms with Crippen molar-refractivity contribution in [2.24, 2.45) is 0 Å². The third-order valence-corrected chi connectivity index (χ3v) is 7.44. The summed E-state index contributed by atoms with van der Waals surface area (Å²) < 4.78 is 0. The molecule has 24 heavy (non-hydrogen) atoms. The molecule has 0 saturated carbocycles. The summed E-state index contributed by atoms with van der Waals surface area (Å²) in [5.41, 5.74) is 0. The van der Waals surface area contributed by atoms with Crippen LogP contribution in [0.1, 0.15) is 6.92 Å².